The van der Waals surface area contributed by atoms with Crippen molar-refractivity contribution in [3.8, 4) is 0 Å². The Morgan fingerprint density at radius 3 is 2.39 bits per heavy atom. The summed E-state index contributed by atoms with van der Waals surface area (Å²) < 4.78 is 0. The van der Waals surface area contributed by atoms with Gasteiger partial charge in [-0.05, 0) is 44.2 Å². The van der Waals surface area contributed by atoms with Gasteiger partial charge in [-0.3, -0.25) is 9.69 Å². The minimum atomic E-state index is -0.417. The van der Waals surface area contributed by atoms with E-state index in [1.807, 2.05) is 37.9 Å². The number of hydrogen-bond acceptors (Lipinski definition) is 3. The number of aliphatic hydroxyl groups excluding tert-OH is 1. The van der Waals surface area contributed by atoms with E-state index in [1.165, 1.54) is 0 Å². The first kappa shape index (κ1) is 13.1. The van der Waals surface area contributed by atoms with Crippen molar-refractivity contribution in [3.63, 3.8) is 0 Å². The Bertz CT molecular complexity index is 439. The van der Waals surface area contributed by atoms with E-state index in [0.29, 0.717) is 6.54 Å². The van der Waals surface area contributed by atoms with Crippen molar-refractivity contribution in [1.82, 2.24) is 4.90 Å². The van der Waals surface area contributed by atoms with Gasteiger partial charge in [-0.2, -0.15) is 0 Å². The number of carbonyl (C=O) groups is 1. The topological polar surface area (TPSA) is 43.8 Å². The van der Waals surface area contributed by atoms with Crippen LogP contribution in [0.3, 0.4) is 0 Å². The summed E-state index contributed by atoms with van der Waals surface area (Å²) in [4.78, 5) is 16.0. The second-order valence-corrected chi connectivity index (χ2v) is 5.01. The van der Waals surface area contributed by atoms with E-state index in [1.54, 1.807) is 4.90 Å². The zero-order chi connectivity index (χ0) is 13.3. The predicted octanol–water partition coefficient (Wildman–Crippen LogP) is 0.943. The summed E-state index contributed by atoms with van der Waals surface area (Å²) in [6, 6.07) is 5.71. The molecule has 18 heavy (non-hydrogen) atoms. The van der Waals surface area contributed by atoms with Crippen molar-refractivity contribution in [2.75, 3.05) is 31.6 Å². The molecule has 1 aliphatic rings. The lowest BCUT2D eigenvalue weighted by Gasteiger charge is -2.38. The van der Waals surface area contributed by atoms with Crippen molar-refractivity contribution in [1.29, 1.82) is 0 Å². The molecule has 1 aromatic rings. The van der Waals surface area contributed by atoms with Crippen LogP contribution < -0.4 is 4.90 Å². The predicted molar refractivity (Wildman–Crippen MR) is 71.8 cm³/mol. The summed E-state index contributed by atoms with van der Waals surface area (Å²) in [5, 5.41) is 9.32. The van der Waals surface area contributed by atoms with Gasteiger partial charge in [-0.15, -0.1) is 0 Å². The van der Waals surface area contributed by atoms with Gasteiger partial charge in [0.25, 0.3) is 0 Å². The van der Waals surface area contributed by atoms with Gasteiger partial charge in [-0.1, -0.05) is 6.07 Å². The normalized spacial score (nSPS) is 21.4. The quantitative estimate of drug-likeness (QED) is 0.847. The summed E-state index contributed by atoms with van der Waals surface area (Å²) in [7, 11) is 1.87. The van der Waals surface area contributed by atoms with Gasteiger partial charge in [0.1, 0.15) is 6.04 Å². The fraction of sp³-hybridized carbons (Fsp3) is 0.500. The van der Waals surface area contributed by atoms with Crippen LogP contribution in [0.15, 0.2) is 18.2 Å². The minimum Gasteiger partial charge on any atom is -0.394 e. The minimum absolute atomic E-state index is 0.0174. The SMILES string of the molecule is Cc1cc(C)cc(N2CCN(C)C(CO)C2=O)c1. The van der Waals surface area contributed by atoms with Crippen LogP contribution in [0.4, 0.5) is 5.69 Å². The van der Waals surface area contributed by atoms with E-state index in [-0.39, 0.29) is 12.5 Å². The van der Waals surface area contributed by atoms with Crippen molar-refractivity contribution in [2.45, 2.75) is 19.9 Å². The lowest BCUT2D eigenvalue weighted by Crippen LogP contribution is -2.57. The van der Waals surface area contributed by atoms with Crippen LogP contribution in [0.5, 0.6) is 0 Å². The number of anilines is 1. The third kappa shape index (κ3) is 2.40. The molecule has 4 nitrogen and oxygen atoms in total. The molecule has 0 saturated carbocycles. The van der Waals surface area contributed by atoms with Crippen LogP contribution in [0.25, 0.3) is 0 Å². The fourth-order valence-electron chi connectivity index (χ4n) is 2.47. The molecular weight excluding hydrogens is 228 g/mol. The molecule has 1 aliphatic heterocycles. The summed E-state index contributed by atoms with van der Waals surface area (Å²) in [6.07, 6.45) is 0. The number of aliphatic hydroxyl groups is 1. The highest BCUT2D eigenvalue weighted by Crippen LogP contribution is 2.22. The number of amides is 1. The van der Waals surface area contributed by atoms with Gasteiger partial charge in [0.05, 0.1) is 6.61 Å². The number of nitrogens with zero attached hydrogens (tertiary/aromatic N) is 2. The van der Waals surface area contributed by atoms with Gasteiger partial charge in [0, 0.05) is 18.8 Å². The first-order valence-corrected chi connectivity index (χ1v) is 6.23. The molecule has 0 aromatic heterocycles. The maximum atomic E-state index is 12.3. The monoisotopic (exact) mass is 248 g/mol. The van der Waals surface area contributed by atoms with Crippen LogP contribution in [0, 0.1) is 13.8 Å². The largest absolute Gasteiger partial charge is 0.394 e. The Hall–Kier alpha value is -1.39. The molecule has 1 heterocycles. The smallest absolute Gasteiger partial charge is 0.246 e. The molecule has 2 rings (SSSR count). The molecular formula is C14H20N2O2. The average Bonchev–Trinajstić information content (AvgIpc) is 2.28. The highest BCUT2D eigenvalue weighted by molar-refractivity contribution is 5.98. The van der Waals surface area contributed by atoms with Crippen molar-refractivity contribution in [2.24, 2.45) is 0 Å². The second kappa shape index (κ2) is 5.08. The van der Waals surface area contributed by atoms with E-state index >= 15 is 0 Å². The Balaban J connectivity index is 2.30. The molecule has 0 aliphatic carbocycles. The van der Waals surface area contributed by atoms with E-state index in [0.717, 1.165) is 23.4 Å². The van der Waals surface area contributed by atoms with E-state index < -0.39 is 6.04 Å². The van der Waals surface area contributed by atoms with Crippen LogP contribution >= 0.6 is 0 Å². The highest BCUT2D eigenvalue weighted by atomic mass is 16.3. The number of carbonyl (C=O) groups excluding carboxylic acids is 1. The van der Waals surface area contributed by atoms with Gasteiger partial charge in [0.2, 0.25) is 5.91 Å². The first-order valence-electron chi connectivity index (χ1n) is 6.23. The summed E-state index contributed by atoms with van der Waals surface area (Å²) >= 11 is 0. The van der Waals surface area contributed by atoms with Gasteiger partial charge < -0.3 is 10.0 Å². The van der Waals surface area contributed by atoms with Gasteiger partial charge in [-0.25, -0.2) is 0 Å². The molecule has 0 bridgehead atoms. The van der Waals surface area contributed by atoms with Crippen molar-refractivity contribution < 1.29 is 9.90 Å². The van der Waals surface area contributed by atoms with Crippen LogP contribution in [-0.4, -0.2) is 48.7 Å². The Kier molecular flexibility index (Phi) is 3.68. The molecule has 1 amide bonds. The summed E-state index contributed by atoms with van der Waals surface area (Å²) in [5.41, 5.74) is 3.23. The Morgan fingerprint density at radius 1 is 1.22 bits per heavy atom. The number of benzene rings is 1. The molecule has 0 radical (unpaired) electrons. The zero-order valence-corrected chi connectivity index (χ0v) is 11.2. The van der Waals surface area contributed by atoms with Crippen molar-refractivity contribution >= 4 is 11.6 Å². The lowest BCUT2D eigenvalue weighted by molar-refractivity contribution is -0.126. The molecule has 1 aromatic carbocycles. The molecule has 1 saturated heterocycles. The summed E-state index contributed by atoms with van der Waals surface area (Å²) in [5.74, 6) is -0.0174. The number of piperazine rings is 1. The molecule has 1 unspecified atom stereocenters. The molecule has 0 spiro atoms. The zero-order valence-electron chi connectivity index (χ0n) is 11.2. The number of aryl methyl sites for hydroxylation is 2. The lowest BCUT2D eigenvalue weighted by atomic mass is 10.1. The average molecular weight is 248 g/mol. The third-order valence-corrected chi connectivity index (χ3v) is 3.45. The molecule has 1 atom stereocenters. The maximum Gasteiger partial charge on any atom is 0.246 e. The van der Waals surface area contributed by atoms with E-state index in [4.69, 9.17) is 0 Å². The molecule has 1 N–H and O–H groups in total. The maximum absolute atomic E-state index is 12.3. The Morgan fingerprint density at radius 2 is 1.83 bits per heavy atom. The Labute approximate surface area is 108 Å². The molecule has 1 fully saturated rings. The van der Waals surface area contributed by atoms with Crippen LogP contribution in [0.1, 0.15) is 11.1 Å². The van der Waals surface area contributed by atoms with E-state index in [2.05, 4.69) is 6.07 Å². The number of likely N-dealkylation sites (N-methyl/N-ethyl adjacent to an activating group) is 1. The van der Waals surface area contributed by atoms with Crippen LogP contribution in [0.2, 0.25) is 0 Å². The van der Waals surface area contributed by atoms with Gasteiger partial charge in [0.15, 0.2) is 0 Å². The second-order valence-electron chi connectivity index (χ2n) is 5.01. The first-order chi connectivity index (χ1) is 8.52. The van der Waals surface area contributed by atoms with E-state index in [9.17, 15) is 9.90 Å². The standard InChI is InChI=1S/C14H20N2O2/c1-10-6-11(2)8-12(7-10)16-5-4-15(3)13(9-17)14(16)18/h6-8,13,17H,4-5,9H2,1-3H3. The molecule has 4 heteroatoms. The van der Waals surface area contributed by atoms with Gasteiger partial charge >= 0.3 is 0 Å². The highest BCUT2D eigenvalue weighted by Gasteiger charge is 2.32. The van der Waals surface area contributed by atoms with Crippen molar-refractivity contribution in [3.05, 3.63) is 29.3 Å². The molecule has 98 valence electrons. The summed E-state index contributed by atoms with van der Waals surface area (Å²) in [6.45, 7) is 5.39. The number of hydrogen-bond donors (Lipinski definition) is 1. The number of rotatable bonds is 2. The van der Waals surface area contributed by atoms with Crippen LogP contribution in [-0.2, 0) is 4.79 Å². The third-order valence-electron chi connectivity index (χ3n) is 3.45. The fourth-order valence-corrected chi connectivity index (χ4v) is 2.47.